The molecule has 0 heterocycles. The normalized spacial score (nSPS) is 12.1. The topological polar surface area (TPSA) is 156 Å². The van der Waals surface area contributed by atoms with Gasteiger partial charge in [-0.1, -0.05) is 30.3 Å². The van der Waals surface area contributed by atoms with E-state index in [0.717, 1.165) is 4.90 Å². The van der Waals surface area contributed by atoms with Gasteiger partial charge in [0.1, 0.15) is 6.04 Å². The Labute approximate surface area is 155 Å². The van der Waals surface area contributed by atoms with Crippen molar-refractivity contribution in [2.24, 2.45) is 0 Å². The summed E-state index contributed by atoms with van der Waals surface area (Å²) in [5, 5.41) is 36.4. The van der Waals surface area contributed by atoms with Crippen LogP contribution in [0.4, 0.5) is 0 Å². The number of aliphatic carboxylic acids is 4. The summed E-state index contributed by atoms with van der Waals surface area (Å²) in [7, 11) is 0. The van der Waals surface area contributed by atoms with Crippen LogP contribution in [0.5, 0.6) is 0 Å². The first kappa shape index (κ1) is 22.1. The van der Waals surface area contributed by atoms with E-state index in [1.165, 1.54) is 4.90 Å². The summed E-state index contributed by atoms with van der Waals surface area (Å²) in [6.07, 6.45) is 0.0569. The van der Waals surface area contributed by atoms with Gasteiger partial charge in [-0.2, -0.15) is 0 Å². The van der Waals surface area contributed by atoms with Crippen LogP contribution in [0.3, 0.4) is 0 Å². The van der Waals surface area contributed by atoms with Crippen molar-refractivity contribution in [1.29, 1.82) is 0 Å². The molecule has 0 bridgehead atoms. The van der Waals surface area contributed by atoms with Gasteiger partial charge < -0.3 is 20.4 Å². The predicted octanol–water partition coefficient (Wildman–Crippen LogP) is -0.460. The van der Waals surface area contributed by atoms with Crippen LogP contribution in [0, 0.1) is 0 Å². The number of carboxylic acids is 4. The van der Waals surface area contributed by atoms with Crippen molar-refractivity contribution in [2.75, 3.05) is 32.7 Å². The second-order valence-electron chi connectivity index (χ2n) is 5.91. The number of rotatable bonds is 13. The van der Waals surface area contributed by atoms with Crippen molar-refractivity contribution in [3.05, 3.63) is 35.9 Å². The Bertz CT molecular complexity index is 648. The van der Waals surface area contributed by atoms with Crippen molar-refractivity contribution in [1.82, 2.24) is 9.80 Å². The number of carboxylic acid groups (broad SMARTS) is 4. The molecule has 0 aliphatic carbocycles. The maximum atomic E-state index is 11.7. The van der Waals surface area contributed by atoms with Crippen LogP contribution in [0.15, 0.2) is 30.3 Å². The molecular formula is C17H22N2O8. The second-order valence-corrected chi connectivity index (χ2v) is 5.91. The fourth-order valence-electron chi connectivity index (χ4n) is 2.60. The molecule has 0 aliphatic heterocycles. The summed E-state index contributed by atoms with van der Waals surface area (Å²) in [4.78, 5) is 46.9. The first-order chi connectivity index (χ1) is 12.7. The highest BCUT2D eigenvalue weighted by Gasteiger charge is 2.28. The van der Waals surface area contributed by atoms with Gasteiger partial charge in [0.15, 0.2) is 0 Å². The summed E-state index contributed by atoms with van der Waals surface area (Å²) < 4.78 is 0. The predicted molar refractivity (Wildman–Crippen MR) is 92.5 cm³/mol. The molecule has 0 unspecified atom stereocenters. The third-order valence-electron chi connectivity index (χ3n) is 3.76. The Hall–Kier alpha value is -2.98. The molecule has 10 nitrogen and oxygen atoms in total. The van der Waals surface area contributed by atoms with Gasteiger partial charge in [-0.25, -0.2) is 0 Å². The number of hydrogen-bond donors (Lipinski definition) is 4. The van der Waals surface area contributed by atoms with Gasteiger partial charge in [-0.05, 0) is 12.0 Å². The van der Waals surface area contributed by atoms with Crippen molar-refractivity contribution < 1.29 is 39.6 Å². The molecule has 27 heavy (non-hydrogen) atoms. The minimum absolute atomic E-state index is 0.0569. The molecular weight excluding hydrogens is 360 g/mol. The van der Waals surface area contributed by atoms with Crippen LogP contribution in [0.1, 0.15) is 5.56 Å². The summed E-state index contributed by atoms with van der Waals surface area (Å²) in [5.74, 6) is -4.93. The van der Waals surface area contributed by atoms with E-state index in [4.69, 9.17) is 15.3 Å². The molecule has 4 N–H and O–H groups in total. The Morgan fingerprint density at radius 3 is 1.74 bits per heavy atom. The second kappa shape index (κ2) is 10.9. The quantitative estimate of drug-likeness (QED) is 0.352. The molecule has 0 radical (unpaired) electrons. The Morgan fingerprint density at radius 1 is 0.778 bits per heavy atom. The molecule has 0 fully saturated rings. The molecule has 0 aromatic heterocycles. The molecule has 1 rings (SSSR count). The molecule has 10 heteroatoms. The Balaban J connectivity index is 2.92. The summed E-state index contributed by atoms with van der Waals surface area (Å²) in [5.41, 5.74) is 0.702. The van der Waals surface area contributed by atoms with Crippen molar-refractivity contribution in [3.8, 4) is 0 Å². The van der Waals surface area contributed by atoms with Gasteiger partial charge in [0, 0.05) is 13.1 Å². The molecule has 0 amide bonds. The zero-order valence-corrected chi connectivity index (χ0v) is 14.5. The zero-order valence-electron chi connectivity index (χ0n) is 14.5. The first-order valence-corrected chi connectivity index (χ1v) is 8.07. The summed E-state index contributed by atoms with van der Waals surface area (Å²) >= 11 is 0. The lowest BCUT2D eigenvalue weighted by molar-refractivity contribution is -0.148. The van der Waals surface area contributed by atoms with Crippen LogP contribution < -0.4 is 0 Å². The fourth-order valence-corrected chi connectivity index (χ4v) is 2.60. The summed E-state index contributed by atoms with van der Waals surface area (Å²) in [6.45, 7) is -1.90. The van der Waals surface area contributed by atoms with Crippen molar-refractivity contribution in [3.63, 3.8) is 0 Å². The maximum absolute atomic E-state index is 11.7. The zero-order chi connectivity index (χ0) is 20.4. The molecule has 0 spiro atoms. The maximum Gasteiger partial charge on any atom is 0.321 e. The minimum atomic E-state index is -1.24. The SMILES string of the molecule is O=C(O)CN(CCN(CC(=O)O)[C@H](Cc1ccccc1)C(=O)O)CC(=O)O. The number of hydrogen-bond acceptors (Lipinski definition) is 6. The van der Waals surface area contributed by atoms with E-state index < -0.39 is 49.6 Å². The standard InChI is InChI=1S/C17H22N2O8/c20-14(21)9-18(10-15(22)23)6-7-19(11-16(24)25)13(17(26)27)8-12-4-2-1-3-5-12/h1-5,13H,6-11H2,(H,20,21)(H,22,23)(H,24,25)(H,26,27)/t13-/m1/s1. The van der Waals surface area contributed by atoms with E-state index in [9.17, 15) is 24.3 Å². The van der Waals surface area contributed by atoms with Gasteiger partial charge in [0.25, 0.3) is 0 Å². The van der Waals surface area contributed by atoms with E-state index in [1.54, 1.807) is 30.3 Å². The highest BCUT2D eigenvalue weighted by molar-refractivity contribution is 5.76. The van der Waals surface area contributed by atoms with E-state index in [-0.39, 0.29) is 19.5 Å². The molecule has 1 atom stereocenters. The van der Waals surface area contributed by atoms with Crippen LogP contribution >= 0.6 is 0 Å². The van der Waals surface area contributed by atoms with E-state index in [1.807, 2.05) is 0 Å². The molecule has 0 aliphatic rings. The lowest BCUT2D eigenvalue weighted by Gasteiger charge is -2.29. The van der Waals surface area contributed by atoms with E-state index in [0.29, 0.717) is 5.56 Å². The Kier molecular flexibility index (Phi) is 8.90. The van der Waals surface area contributed by atoms with Gasteiger partial charge >= 0.3 is 23.9 Å². The van der Waals surface area contributed by atoms with E-state index >= 15 is 0 Å². The van der Waals surface area contributed by atoms with Crippen molar-refractivity contribution in [2.45, 2.75) is 12.5 Å². The highest BCUT2D eigenvalue weighted by Crippen LogP contribution is 2.10. The third-order valence-corrected chi connectivity index (χ3v) is 3.76. The van der Waals surface area contributed by atoms with Crippen molar-refractivity contribution >= 4 is 23.9 Å². The Morgan fingerprint density at radius 2 is 1.30 bits per heavy atom. The van der Waals surface area contributed by atoms with Crippen LogP contribution in [0.25, 0.3) is 0 Å². The highest BCUT2D eigenvalue weighted by atomic mass is 16.4. The monoisotopic (exact) mass is 382 g/mol. The minimum Gasteiger partial charge on any atom is -0.480 e. The third kappa shape index (κ3) is 8.79. The lowest BCUT2D eigenvalue weighted by Crippen LogP contribution is -2.49. The van der Waals surface area contributed by atoms with Crippen LogP contribution in [-0.2, 0) is 25.6 Å². The largest absolute Gasteiger partial charge is 0.480 e. The van der Waals surface area contributed by atoms with Crippen LogP contribution in [-0.4, -0.2) is 92.9 Å². The molecule has 148 valence electrons. The molecule has 0 saturated carbocycles. The molecule has 0 saturated heterocycles. The van der Waals surface area contributed by atoms with Gasteiger partial charge in [0.2, 0.25) is 0 Å². The average Bonchev–Trinajstić information content (AvgIpc) is 2.55. The van der Waals surface area contributed by atoms with Gasteiger partial charge in [-0.3, -0.25) is 29.0 Å². The average molecular weight is 382 g/mol. The first-order valence-electron chi connectivity index (χ1n) is 8.07. The smallest absolute Gasteiger partial charge is 0.321 e. The number of benzene rings is 1. The van der Waals surface area contributed by atoms with Gasteiger partial charge in [0.05, 0.1) is 19.6 Å². The number of nitrogens with zero attached hydrogens (tertiary/aromatic N) is 2. The van der Waals surface area contributed by atoms with Crippen LogP contribution in [0.2, 0.25) is 0 Å². The molecule has 1 aromatic rings. The number of carbonyl (C=O) groups is 4. The summed E-state index contributed by atoms with van der Waals surface area (Å²) in [6, 6.07) is 7.52. The fraction of sp³-hybridized carbons (Fsp3) is 0.412. The lowest BCUT2D eigenvalue weighted by atomic mass is 10.0. The van der Waals surface area contributed by atoms with E-state index in [2.05, 4.69) is 0 Å². The van der Waals surface area contributed by atoms with Gasteiger partial charge in [-0.15, -0.1) is 0 Å². The molecule has 1 aromatic carbocycles.